The maximum absolute atomic E-state index is 13.0. The van der Waals surface area contributed by atoms with Crippen molar-refractivity contribution in [1.29, 1.82) is 0 Å². The lowest BCUT2D eigenvalue weighted by molar-refractivity contribution is -0.146. The molecule has 0 bridgehead atoms. The highest BCUT2D eigenvalue weighted by molar-refractivity contribution is 5.71. The Balaban J connectivity index is 0.000000387. The molecule has 27 heavy (non-hydrogen) atoms. The number of hydrogen-bond donors (Lipinski definition) is 1. The maximum Gasteiger partial charge on any atom is 0.308 e. The molecule has 0 saturated heterocycles. The van der Waals surface area contributed by atoms with Crippen molar-refractivity contribution in [2.24, 2.45) is 11.8 Å². The first-order chi connectivity index (χ1) is 12.6. The van der Waals surface area contributed by atoms with E-state index >= 15 is 0 Å². The summed E-state index contributed by atoms with van der Waals surface area (Å²) in [6.45, 7) is 9.66. The van der Waals surface area contributed by atoms with Crippen LogP contribution in [-0.4, -0.2) is 17.7 Å². The molecule has 0 saturated carbocycles. The number of benzene rings is 2. The summed E-state index contributed by atoms with van der Waals surface area (Å²) in [6.07, 6.45) is 0. The first-order valence-corrected chi connectivity index (χ1v) is 9.04. The number of rotatable bonds is 5. The second-order valence-electron chi connectivity index (χ2n) is 6.84. The number of halogens is 2. The molecule has 1 N–H and O–H groups in total. The average Bonchev–Trinajstić information content (AvgIpc) is 2.62. The normalized spacial score (nSPS) is 11.2. The van der Waals surface area contributed by atoms with Crippen LogP contribution in [0.5, 0.6) is 0 Å². The molecule has 0 atom stereocenters. The molecule has 0 heterocycles. The average molecular weight is 378 g/mol. The molecule has 0 aliphatic carbocycles. The summed E-state index contributed by atoms with van der Waals surface area (Å²) in [4.78, 5) is 10.5. The van der Waals surface area contributed by atoms with E-state index in [0.717, 1.165) is 0 Å². The Morgan fingerprint density at radius 2 is 1.30 bits per heavy atom. The van der Waals surface area contributed by atoms with Gasteiger partial charge in [0.2, 0.25) is 0 Å². The van der Waals surface area contributed by atoms with Crippen molar-refractivity contribution in [3.8, 4) is 0 Å². The SMILES string of the molecule is CC(C)C(O)(c1ccc(F)cc1)c1ccc(F)cc1.CCOC(=O)C(C)C. The van der Waals surface area contributed by atoms with Crippen molar-refractivity contribution < 1.29 is 23.4 Å². The molecule has 0 radical (unpaired) electrons. The monoisotopic (exact) mass is 378 g/mol. The van der Waals surface area contributed by atoms with Gasteiger partial charge in [-0.3, -0.25) is 4.79 Å². The van der Waals surface area contributed by atoms with E-state index in [1.807, 2.05) is 27.7 Å². The molecule has 2 rings (SSSR count). The Kier molecular flexibility index (Phi) is 8.57. The van der Waals surface area contributed by atoms with Gasteiger partial charge in [-0.15, -0.1) is 0 Å². The summed E-state index contributed by atoms with van der Waals surface area (Å²) < 4.78 is 30.7. The van der Waals surface area contributed by atoms with Gasteiger partial charge in [-0.25, -0.2) is 8.78 Å². The van der Waals surface area contributed by atoms with Crippen LogP contribution in [0.1, 0.15) is 45.7 Å². The molecular formula is C22H28F2O3. The molecule has 148 valence electrons. The summed E-state index contributed by atoms with van der Waals surface area (Å²) in [5, 5.41) is 11.0. The van der Waals surface area contributed by atoms with Crippen molar-refractivity contribution in [3.63, 3.8) is 0 Å². The Morgan fingerprint density at radius 3 is 1.52 bits per heavy atom. The molecule has 0 aromatic heterocycles. The molecule has 3 nitrogen and oxygen atoms in total. The van der Waals surface area contributed by atoms with E-state index in [1.165, 1.54) is 24.3 Å². The number of ether oxygens (including phenoxy) is 1. The third-order valence-electron chi connectivity index (χ3n) is 4.16. The highest BCUT2D eigenvalue weighted by atomic mass is 19.1. The molecule has 0 spiro atoms. The Hall–Kier alpha value is -2.27. The molecular weight excluding hydrogens is 350 g/mol. The van der Waals surface area contributed by atoms with E-state index in [1.54, 1.807) is 31.2 Å². The summed E-state index contributed by atoms with van der Waals surface area (Å²) in [5.74, 6) is -0.950. The summed E-state index contributed by atoms with van der Waals surface area (Å²) in [7, 11) is 0. The van der Waals surface area contributed by atoms with Crippen molar-refractivity contribution in [1.82, 2.24) is 0 Å². The smallest absolute Gasteiger partial charge is 0.308 e. The van der Waals surface area contributed by atoms with Crippen LogP contribution in [0.4, 0.5) is 8.78 Å². The van der Waals surface area contributed by atoms with Gasteiger partial charge in [0.05, 0.1) is 12.5 Å². The lowest BCUT2D eigenvalue weighted by atomic mass is 9.78. The molecule has 0 aliphatic heterocycles. The van der Waals surface area contributed by atoms with Crippen LogP contribution in [0.25, 0.3) is 0 Å². The molecule has 0 fully saturated rings. The molecule has 5 heteroatoms. The highest BCUT2D eigenvalue weighted by Crippen LogP contribution is 2.36. The van der Waals surface area contributed by atoms with Gasteiger partial charge in [0, 0.05) is 0 Å². The van der Waals surface area contributed by atoms with Crippen molar-refractivity contribution >= 4 is 5.97 Å². The topological polar surface area (TPSA) is 46.5 Å². The van der Waals surface area contributed by atoms with Crippen LogP contribution >= 0.6 is 0 Å². The van der Waals surface area contributed by atoms with Gasteiger partial charge in [0.15, 0.2) is 0 Å². The number of carbonyl (C=O) groups is 1. The fraction of sp³-hybridized carbons (Fsp3) is 0.409. The zero-order valence-electron chi connectivity index (χ0n) is 16.5. The minimum atomic E-state index is -1.26. The second kappa shape index (κ2) is 10.2. The van der Waals surface area contributed by atoms with Crippen LogP contribution in [-0.2, 0) is 15.1 Å². The van der Waals surface area contributed by atoms with Gasteiger partial charge in [-0.2, -0.15) is 0 Å². The summed E-state index contributed by atoms with van der Waals surface area (Å²) in [5.41, 5.74) is -0.0764. The van der Waals surface area contributed by atoms with Gasteiger partial charge >= 0.3 is 5.97 Å². The van der Waals surface area contributed by atoms with Crippen LogP contribution < -0.4 is 0 Å². The van der Waals surface area contributed by atoms with Crippen LogP contribution in [0.2, 0.25) is 0 Å². The van der Waals surface area contributed by atoms with Crippen molar-refractivity contribution in [3.05, 3.63) is 71.3 Å². The molecule has 0 unspecified atom stereocenters. The minimum Gasteiger partial charge on any atom is -0.466 e. The molecule has 2 aromatic carbocycles. The molecule has 0 amide bonds. The Morgan fingerprint density at radius 1 is 0.926 bits per heavy atom. The van der Waals surface area contributed by atoms with E-state index in [0.29, 0.717) is 17.7 Å². The summed E-state index contributed by atoms with van der Waals surface area (Å²) in [6, 6.07) is 11.5. The first kappa shape index (κ1) is 22.8. The van der Waals surface area contributed by atoms with Crippen LogP contribution in [0, 0.1) is 23.5 Å². The number of aliphatic hydroxyl groups is 1. The van der Waals surface area contributed by atoms with E-state index < -0.39 is 5.60 Å². The van der Waals surface area contributed by atoms with Crippen molar-refractivity contribution in [2.45, 2.75) is 40.2 Å². The predicted molar refractivity (Wildman–Crippen MR) is 102 cm³/mol. The number of carbonyl (C=O) groups excluding carboxylic acids is 1. The third-order valence-corrected chi connectivity index (χ3v) is 4.16. The minimum absolute atomic E-state index is 0.00921. The maximum atomic E-state index is 13.0. The van der Waals surface area contributed by atoms with E-state index in [4.69, 9.17) is 0 Å². The lowest BCUT2D eigenvalue weighted by Crippen LogP contribution is -2.33. The van der Waals surface area contributed by atoms with Gasteiger partial charge < -0.3 is 9.84 Å². The van der Waals surface area contributed by atoms with Gasteiger partial charge in [0.25, 0.3) is 0 Å². The largest absolute Gasteiger partial charge is 0.466 e. The van der Waals surface area contributed by atoms with Crippen LogP contribution in [0.15, 0.2) is 48.5 Å². The lowest BCUT2D eigenvalue weighted by Gasteiger charge is -2.33. The Labute approximate surface area is 160 Å². The quantitative estimate of drug-likeness (QED) is 0.740. The zero-order valence-corrected chi connectivity index (χ0v) is 16.5. The molecule has 2 aromatic rings. The van der Waals surface area contributed by atoms with E-state index in [9.17, 15) is 18.7 Å². The number of hydrogen-bond acceptors (Lipinski definition) is 3. The Bertz CT molecular complexity index is 662. The summed E-state index contributed by atoms with van der Waals surface area (Å²) >= 11 is 0. The van der Waals surface area contributed by atoms with Gasteiger partial charge in [-0.05, 0) is 48.2 Å². The zero-order chi connectivity index (χ0) is 20.6. The van der Waals surface area contributed by atoms with Crippen molar-refractivity contribution in [2.75, 3.05) is 6.61 Å². The third kappa shape index (κ3) is 6.14. The number of esters is 1. The first-order valence-electron chi connectivity index (χ1n) is 9.04. The second-order valence-corrected chi connectivity index (χ2v) is 6.84. The van der Waals surface area contributed by atoms with Crippen LogP contribution in [0.3, 0.4) is 0 Å². The predicted octanol–water partition coefficient (Wildman–Crippen LogP) is 5.06. The fourth-order valence-electron chi connectivity index (χ4n) is 2.55. The van der Waals surface area contributed by atoms with Gasteiger partial charge in [-0.1, -0.05) is 52.0 Å². The standard InChI is InChI=1S/C16H16F2O.C6H12O2/c1-11(2)16(19,12-3-7-14(17)8-4-12)13-5-9-15(18)10-6-13;1-4-8-6(7)5(2)3/h3-11,19H,1-2H3;5H,4H2,1-3H3. The van der Waals surface area contributed by atoms with E-state index in [-0.39, 0.29) is 29.4 Å². The van der Waals surface area contributed by atoms with Gasteiger partial charge in [0.1, 0.15) is 17.2 Å². The molecule has 0 aliphatic rings. The fourth-order valence-corrected chi connectivity index (χ4v) is 2.55. The van der Waals surface area contributed by atoms with E-state index in [2.05, 4.69) is 4.74 Å². The highest BCUT2D eigenvalue weighted by Gasteiger charge is 2.35.